The molecule has 3 fully saturated rings. The molecule has 2 aromatic heterocycles. The first kappa shape index (κ1) is 32.4. The fraction of sp³-hybridized carbons (Fsp3) is 0.351. The molecule has 4 aliphatic rings. The number of carboxylic acid groups (broad SMARTS) is 1. The molecule has 6 atom stereocenters. The lowest BCUT2D eigenvalue weighted by Gasteiger charge is -2.49. The molecule has 2 N–H and O–H groups in total. The van der Waals surface area contributed by atoms with Crippen LogP contribution in [0.3, 0.4) is 0 Å². The summed E-state index contributed by atoms with van der Waals surface area (Å²) in [6.07, 6.45) is 2.01. The van der Waals surface area contributed by atoms with Crippen LogP contribution in [0.2, 0.25) is 5.02 Å². The van der Waals surface area contributed by atoms with Crippen LogP contribution in [0.5, 0.6) is 5.75 Å². The van der Waals surface area contributed by atoms with Gasteiger partial charge >= 0.3 is 5.97 Å². The maximum Gasteiger partial charge on any atom is 0.305 e. The van der Waals surface area contributed by atoms with Crippen LogP contribution in [0.4, 0.5) is 5.82 Å². The SMILES string of the molecule is Cc1c(-c2cc(N3C(=O)[C@@H]4C[C@@H]5C(=CC[C@@H]6C(=O)N(CCC(=O)O)C(=O)[C@@H]65)[C@H](c5ccc(O)cc5)[C@]4(C)C3=O)n(C)n2)sc2ccc(Cl)cc12. The molecule has 256 valence electrons. The number of likely N-dealkylation sites (tertiary alicyclic amines) is 1. The Bertz CT molecular complexity index is 2210. The molecule has 2 aromatic carbocycles. The Balaban J connectivity index is 1.22. The van der Waals surface area contributed by atoms with Gasteiger partial charge in [0.05, 0.1) is 34.5 Å². The van der Waals surface area contributed by atoms with E-state index in [1.165, 1.54) is 17.0 Å². The van der Waals surface area contributed by atoms with Gasteiger partial charge in [-0.3, -0.25) is 33.6 Å². The Hall–Kier alpha value is -4.81. The number of hydrogen-bond donors (Lipinski definition) is 2. The van der Waals surface area contributed by atoms with E-state index in [0.717, 1.165) is 31.0 Å². The standard InChI is InChI=1S/C37H33ClN4O7S/c1-17-23-14-19(38)6-11-27(23)50-32(17)26-16-28(40(3)39-26)42-34(47)25-15-24-21(31(37(25,2)36(42)49)18-4-7-20(43)8-5-18)9-10-22-30(24)35(48)41(33(22)46)13-12-29(44)45/h4-9,11,14,16,22,24-25,30-31,43H,10,12-13,15H2,1-3H3,(H,44,45)/t22-,24+,25-,30-,31-,37+/m0/s1. The quantitative estimate of drug-likeness (QED) is 0.192. The summed E-state index contributed by atoms with van der Waals surface area (Å²) in [4.78, 5) is 71.3. The first-order chi connectivity index (χ1) is 23.8. The van der Waals surface area contributed by atoms with E-state index in [-0.39, 0.29) is 31.6 Å². The predicted octanol–water partition coefficient (Wildman–Crippen LogP) is 5.67. The molecule has 0 unspecified atom stereocenters. The highest BCUT2D eigenvalue weighted by atomic mass is 35.5. The van der Waals surface area contributed by atoms with Crippen LogP contribution >= 0.6 is 22.9 Å². The molecule has 2 saturated heterocycles. The van der Waals surface area contributed by atoms with Crippen molar-refractivity contribution in [2.45, 2.75) is 39.0 Å². The van der Waals surface area contributed by atoms with Gasteiger partial charge in [0, 0.05) is 35.3 Å². The van der Waals surface area contributed by atoms with E-state index < -0.39 is 64.6 Å². The van der Waals surface area contributed by atoms with Crippen LogP contribution in [-0.2, 0) is 31.0 Å². The molecular formula is C37H33ClN4O7S. The Morgan fingerprint density at radius 3 is 2.50 bits per heavy atom. The number of aromatic nitrogens is 2. The number of fused-ring (bicyclic) bond motifs is 5. The lowest BCUT2D eigenvalue weighted by Crippen LogP contribution is -2.48. The molecule has 0 spiro atoms. The molecule has 8 rings (SSSR count). The van der Waals surface area contributed by atoms with Crippen LogP contribution in [0.25, 0.3) is 20.7 Å². The number of thiophene rings is 1. The summed E-state index contributed by atoms with van der Waals surface area (Å²) in [6.45, 7) is 3.57. The predicted molar refractivity (Wildman–Crippen MR) is 185 cm³/mol. The number of carbonyl (C=O) groups excluding carboxylic acids is 4. The summed E-state index contributed by atoms with van der Waals surface area (Å²) < 4.78 is 2.58. The lowest BCUT2D eigenvalue weighted by atomic mass is 9.51. The minimum atomic E-state index is -1.26. The second-order valence-corrected chi connectivity index (χ2v) is 15.4. The number of carbonyl (C=O) groups is 5. The molecule has 13 heteroatoms. The third kappa shape index (κ3) is 4.54. The van der Waals surface area contributed by atoms with Crippen molar-refractivity contribution in [1.29, 1.82) is 0 Å². The van der Waals surface area contributed by atoms with Gasteiger partial charge in [0.25, 0.3) is 0 Å². The number of phenols is 1. The Kier molecular flexibility index (Phi) is 7.36. The number of rotatable bonds is 6. The molecule has 4 amide bonds. The number of allylic oxidation sites excluding steroid dienone is 2. The summed E-state index contributed by atoms with van der Waals surface area (Å²) in [6, 6.07) is 14.0. The van der Waals surface area contributed by atoms with Crippen LogP contribution in [0, 0.1) is 36.0 Å². The maximum atomic E-state index is 14.9. The first-order valence-corrected chi connectivity index (χ1v) is 17.7. The summed E-state index contributed by atoms with van der Waals surface area (Å²) >= 11 is 7.83. The largest absolute Gasteiger partial charge is 0.508 e. The van der Waals surface area contributed by atoms with E-state index in [4.69, 9.17) is 16.7 Å². The summed E-state index contributed by atoms with van der Waals surface area (Å²) in [5, 5.41) is 25.8. The highest BCUT2D eigenvalue weighted by Gasteiger charge is 2.67. The van der Waals surface area contributed by atoms with Crippen LogP contribution < -0.4 is 4.90 Å². The molecule has 2 aliphatic heterocycles. The number of imide groups is 2. The molecule has 2 aliphatic carbocycles. The molecule has 50 heavy (non-hydrogen) atoms. The second kappa shape index (κ2) is 11.4. The lowest BCUT2D eigenvalue weighted by molar-refractivity contribution is -0.142. The molecule has 0 radical (unpaired) electrons. The zero-order chi connectivity index (χ0) is 35.4. The zero-order valence-electron chi connectivity index (χ0n) is 27.4. The van der Waals surface area contributed by atoms with E-state index >= 15 is 0 Å². The maximum absolute atomic E-state index is 14.9. The summed E-state index contributed by atoms with van der Waals surface area (Å²) in [5.74, 6) is -5.81. The molecule has 1 saturated carbocycles. The van der Waals surface area contributed by atoms with Gasteiger partial charge in [0.2, 0.25) is 23.6 Å². The number of benzene rings is 2. The van der Waals surface area contributed by atoms with Crippen LogP contribution in [0.15, 0.2) is 60.2 Å². The minimum Gasteiger partial charge on any atom is -0.508 e. The van der Waals surface area contributed by atoms with Crippen molar-refractivity contribution < 1.29 is 34.2 Å². The van der Waals surface area contributed by atoms with Gasteiger partial charge in [-0.1, -0.05) is 35.4 Å². The Morgan fingerprint density at radius 2 is 1.78 bits per heavy atom. The zero-order valence-corrected chi connectivity index (χ0v) is 29.0. The number of nitrogens with zero attached hydrogens (tertiary/aromatic N) is 4. The monoisotopic (exact) mass is 712 g/mol. The normalized spacial score (nSPS) is 27.5. The number of amides is 4. The van der Waals surface area contributed by atoms with Crippen molar-refractivity contribution in [2.75, 3.05) is 11.4 Å². The van der Waals surface area contributed by atoms with Gasteiger partial charge in [-0.25, -0.2) is 4.90 Å². The number of aromatic hydroxyl groups is 1. The number of hydrogen-bond acceptors (Lipinski definition) is 8. The summed E-state index contributed by atoms with van der Waals surface area (Å²) in [7, 11) is 1.70. The number of anilines is 1. The number of carboxylic acids is 1. The topological polar surface area (TPSA) is 150 Å². The van der Waals surface area contributed by atoms with E-state index in [1.807, 2.05) is 31.2 Å². The van der Waals surface area contributed by atoms with Crippen LogP contribution in [0.1, 0.15) is 43.2 Å². The van der Waals surface area contributed by atoms with Gasteiger partial charge in [-0.2, -0.15) is 5.10 Å². The molecular weight excluding hydrogens is 680 g/mol. The molecule has 11 nitrogen and oxygen atoms in total. The third-order valence-corrected chi connectivity index (χ3v) is 12.9. The highest BCUT2D eigenvalue weighted by molar-refractivity contribution is 7.22. The first-order valence-electron chi connectivity index (χ1n) is 16.5. The van der Waals surface area contributed by atoms with Gasteiger partial charge in [-0.15, -0.1) is 11.3 Å². The van der Waals surface area contributed by atoms with Gasteiger partial charge < -0.3 is 10.2 Å². The minimum absolute atomic E-state index is 0.0443. The number of aryl methyl sites for hydroxylation is 2. The fourth-order valence-electron chi connectivity index (χ4n) is 8.99. The number of aliphatic carboxylic acids is 1. The van der Waals surface area contributed by atoms with Crippen molar-refractivity contribution >= 4 is 68.4 Å². The number of phenolic OH excluding ortho intramolecular Hbond substituents is 1. The fourth-order valence-corrected chi connectivity index (χ4v) is 10.3. The Morgan fingerprint density at radius 1 is 1.04 bits per heavy atom. The molecule has 4 aromatic rings. The average molecular weight is 713 g/mol. The second-order valence-electron chi connectivity index (χ2n) is 13.9. The van der Waals surface area contributed by atoms with Gasteiger partial charge in [-0.05, 0) is 79.5 Å². The van der Waals surface area contributed by atoms with E-state index in [9.17, 15) is 34.2 Å². The molecule has 4 heterocycles. The van der Waals surface area contributed by atoms with E-state index in [1.54, 1.807) is 48.2 Å². The average Bonchev–Trinajstić information content (AvgIpc) is 3.74. The Labute approximate surface area is 295 Å². The number of halogens is 1. The van der Waals surface area contributed by atoms with Gasteiger partial charge in [0.15, 0.2) is 0 Å². The van der Waals surface area contributed by atoms with Crippen molar-refractivity contribution in [3.05, 3.63) is 76.3 Å². The molecule has 0 bridgehead atoms. The van der Waals surface area contributed by atoms with Gasteiger partial charge in [0.1, 0.15) is 17.3 Å². The highest BCUT2D eigenvalue weighted by Crippen LogP contribution is 2.63. The van der Waals surface area contributed by atoms with Crippen molar-refractivity contribution in [1.82, 2.24) is 14.7 Å². The smallest absolute Gasteiger partial charge is 0.305 e. The summed E-state index contributed by atoms with van der Waals surface area (Å²) in [5.41, 5.74) is 1.86. The van der Waals surface area contributed by atoms with Crippen LogP contribution in [-0.4, -0.2) is 61.0 Å². The van der Waals surface area contributed by atoms with E-state index in [2.05, 4.69) is 0 Å². The van der Waals surface area contributed by atoms with Crippen molar-refractivity contribution in [2.24, 2.45) is 36.1 Å². The van der Waals surface area contributed by atoms with E-state index in [0.29, 0.717) is 22.1 Å². The van der Waals surface area contributed by atoms with Crippen molar-refractivity contribution in [3.63, 3.8) is 0 Å². The van der Waals surface area contributed by atoms with Crippen molar-refractivity contribution in [3.8, 4) is 16.3 Å². The third-order valence-electron chi connectivity index (χ3n) is 11.4.